The fourth-order valence-electron chi connectivity index (χ4n) is 3.29. The molecule has 0 saturated carbocycles. The fourth-order valence-corrected chi connectivity index (χ4v) is 4.23. The maximum Gasteiger partial charge on any atom is 0.347 e. The summed E-state index contributed by atoms with van der Waals surface area (Å²) >= 11 is 1.17. The van der Waals surface area contributed by atoms with Gasteiger partial charge in [0, 0.05) is 25.9 Å². The Kier molecular flexibility index (Phi) is 8.14. The van der Waals surface area contributed by atoms with Crippen LogP contribution in [0.15, 0.2) is 16.3 Å². The van der Waals surface area contributed by atoms with Gasteiger partial charge in [-0.2, -0.15) is 0 Å². The van der Waals surface area contributed by atoms with Gasteiger partial charge in [-0.05, 0) is 45.6 Å². The fraction of sp³-hybridized carbons (Fsp3) is 0.619. The first kappa shape index (κ1) is 24.0. The minimum Gasteiger partial charge on any atom is -0.477 e. The maximum atomic E-state index is 12.7. The molecule has 1 amide bonds. The van der Waals surface area contributed by atoms with Crippen LogP contribution >= 0.6 is 11.3 Å². The number of aromatic carboxylic acids is 1. The number of ether oxygens (including phenoxy) is 1. The number of hydrogen-bond acceptors (Lipinski definition) is 7. The quantitative estimate of drug-likeness (QED) is 0.636. The first-order valence-electron chi connectivity index (χ1n) is 10.1. The summed E-state index contributed by atoms with van der Waals surface area (Å²) in [7, 11) is 1.61. The van der Waals surface area contributed by atoms with E-state index in [0.717, 1.165) is 11.3 Å². The molecule has 166 valence electrons. The lowest BCUT2D eigenvalue weighted by molar-refractivity contribution is -0.116. The largest absolute Gasteiger partial charge is 0.477 e. The highest BCUT2D eigenvalue weighted by atomic mass is 32.1. The van der Waals surface area contributed by atoms with Crippen LogP contribution in [0.2, 0.25) is 0 Å². The third-order valence-corrected chi connectivity index (χ3v) is 6.74. The van der Waals surface area contributed by atoms with E-state index in [4.69, 9.17) is 4.74 Å². The number of piperidine rings is 1. The highest BCUT2D eigenvalue weighted by molar-refractivity contribution is 7.17. The molecule has 2 unspecified atom stereocenters. The molecule has 0 aliphatic carbocycles. The zero-order valence-corrected chi connectivity index (χ0v) is 19.6. The summed E-state index contributed by atoms with van der Waals surface area (Å²) in [5.41, 5.74) is 2.96. The first-order valence-corrected chi connectivity index (χ1v) is 10.9. The summed E-state index contributed by atoms with van der Waals surface area (Å²) in [6.07, 6.45) is 0.431. The number of nitrogens with zero attached hydrogens (tertiary/aromatic N) is 3. The van der Waals surface area contributed by atoms with Gasteiger partial charge in [0.05, 0.1) is 17.8 Å². The third kappa shape index (κ3) is 5.66. The summed E-state index contributed by atoms with van der Waals surface area (Å²) in [4.78, 5) is 35.1. The molecule has 9 heteroatoms. The molecular weight excluding hydrogens is 404 g/mol. The van der Waals surface area contributed by atoms with Crippen molar-refractivity contribution in [2.45, 2.75) is 60.1 Å². The Balaban J connectivity index is 2.07. The topological polar surface area (TPSA) is 104 Å². The minimum absolute atomic E-state index is 0.153. The van der Waals surface area contributed by atoms with E-state index < -0.39 is 5.97 Å². The number of carboxylic acids is 1. The van der Waals surface area contributed by atoms with Gasteiger partial charge in [0.2, 0.25) is 0 Å². The Morgan fingerprint density at radius 3 is 2.53 bits per heavy atom. The van der Waals surface area contributed by atoms with Crippen LogP contribution in [0.3, 0.4) is 0 Å². The average Bonchev–Trinajstić information content (AvgIpc) is 3.09. The lowest BCUT2D eigenvalue weighted by Gasteiger charge is -2.37. The van der Waals surface area contributed by atoms with Crippen LogP contribution in [0, 0.1) is 12.8 Å². The van der Waals surface area contributed by atoms with Crippen LogP contribution in [0.5, 0.6) is 0 Å². The number of hydrogen-bond donors (Lipinski definition) is 2. The molecular formula is C21H32N4O4S. The Bertz CT molecular complexity index is 859. The second kappa shape index (κ2) is 10.2. The van der Waals surface area contributed by atoms with Crippen LogP contribution in [0.1, 0.15) is 56.4 Å². The Hall–Kier alpha value is -2.26. The van der Waals surface area contributed by atoms with Gasteiger partial charge in [-0.3, -0.25) is 9.79 Å². The van der Waals surface area contributed by atoms with Gasteiger partial charge in [0.25, 0.3) is 5.91 Å². The molecule has 1 aromatic heterocycles. The minimum atomic E-state index is -0.964. The van der Waals surface area contributed by atoms with Crippen LogP contribution in [0.25, 0.3) is 0 Å². The number of methoxy groups -OCH3 is 1. The lowest BCUT2D eigenvalue weighted by atomic mass is 10.0. The molecule has 30 heavy (non-hydrogen) atoms. The molecule has 0 aromatic carbocycles. The predicted molar refractivity (Wildman–Crippen MR) is 120 cm³/mol. The summed E-state index contributed by atoms with van der Waals surface area (Å²) < 4.78 is 5.63. The highest BCUT2D eigenvalue weighted by Gasteiger charge is 2.32. The summed E-state index contributed by atoms with van der Waals surface area (Å²) in [5.74, 6) is -0.791. The van der Waals surface area contributed by atoms with Crippen molar-refractivity contribution in [1.82, 2.24) is 10.3 Å². The van der Waals surface area contributed by atoms with E-state index in [9.17, 15) is 14.7 Å². The third-order valence-electron chi connectivity index (χ3n) is 5.53. The highest BCUT2D eigenvalue weighted by Crippen LogP contribution is 2.29. The molecule has 1 aromatic rings. The lowest BCUT2D eigenvalue weighted by Crippen LogP contribution is -2.55. The van der Waals surface area contributed by atoms with E-state index in [1.54, 1.807) is 21.0 Å². The van der Waals surface area contributed by atoms with Crippen molar-refractivity contribution in [2.24, 2.45) is 10.9 Å². The van der Waals surface area contributed by atoms with Crippen LogP contribution in [-0.4, -0.2) is 60.0 Å². The van der Waals surface area contributed by atoms with Crippen LogP contribution in [-0.2, 0) is 9.53 Å². The molecule has 0 radical (unpaired) electrons. The van der Waals surface area contributed by atoms with Crippen LogP contribution < -0.4 is 10.2 Å². The number of amides is 1. The molecule has 2 heterocycles. The van der Waals surface area contributed by atoms with Gasteiger partial charge in [-0.1, -0.05) is 25.2 Å². The average molecular weight is 437 g/mol. The van der Waals surface area contributed by atoms with E-state index in [1.807, 2.05) is 18.7 Å². The summed E-state index contributed by atoms with van der Waals surface area (Å²) in [6.45, 7) is 12.7. The Morgan fingerprint density at radius 1 is 1.33 bits per heavy atom. The number of allylic oxidation sites excluding steroid dienone is 2. The standard InChI is InChI=1S/C21H32N4O4S/c1-11(2)12(3)13(4)22-15(6)19(26)24-16-8-9-25(10-17(16)29-7)21-23-14(5)18(30-21)20(27)28/h11,16-17H,8-10H2,1-7H3,(H,24,26)(H,27,28)/b13-12+,22-15+. The van der Waals surface area contributed by atoms with Crippen molar-refractivity contribution in [3.05, 3.63) is 21.8 Å². The van der Waals surface area contributed by atoms with E-state index >= 15 is 0 Å². The first-order chi connectivity index (χ1) is 14.0. The molecule has 2 N–H and O–H groups in total. The number of carboxylic acid groups (broad SMARTS) is 1. The number of carbonyl (C=O) groups excluding carboxylic acids is 1. The van der Waals surface area contributed by atoms with Gasteiger partial charge in [0.1, 0.15) is 10.6 Å². The molecule has 0 spiro atoms. The van der Waals surface area contributed by atoms with E-state index in [2.05, 4.69) is 29.1 Å². The van der Waals surface area contributed by atoms with Gasteiger partial charge in [0.15, 0.2) is 5.13 Å². The van der Waals surface area contributed by atoms with E-state index in [-0.39, 0.29) is 22.9 Å². The number of aliphatic imine (C=N–C) groups is 1. The van der Waals surface area contributed by atoms with Crippen molar-refractivity contribution in [3.8, 4) is 0 Å². The predicted octanol–water partition coefficient (Wildman–Crippen LogP) is 3.27. The van der Waals surface area contributed by atoms with Crippen molar-refractivity contribution in [3.63, 3.8) is 0 Å². The van der Waals surface area contributed by atoms with Gasteiger partial charge < -0.3 is 20.1 Å². The molecule has 1 aliphatic rings. The summed E-state index contributed by atoms with van der Waals surface area (Å²) in [6, 6.07) is -0.153. The SMILES string of the molecule is COC1CN(c2nc(C)c(C(=O)O)s2)CCC1NC(=O)/C(C)=N/C(C)=C(\C)C(C)C. The monoisotopic (exact) mass is 436 g/mol. The van der Waals surface area contributed by atoms with Crippen molar-refractivity contribution >= 4 is 34.1 Å². The Morgan fingerprint density at radius 2 is 2.00 bits per heavy atom. The number of aryl methyl sites for hydroxylation is 1. The second-order valence-electron chi connectivity index (χ2n) is 7.93. The number of nitrogens with one attached hydrogen (secondary N) is 1. The molecule has 8 nitrogen and oxygen atoms in total. The number of rotatable bonds is 7. The number of carbonyl (C=O) groups is 2. The molecule has 2 atom stereocenters. The van der Waals surface area contributed by atoms with E-state index in [1.165, 1.54) is 11.3 Å². The smallest absolute Gasteiger partial charge is 0.347 e. The number of anilines is 1. The van der Waals surface area contributed by atoms with Crippen molar-refractivity contribution < 1.29 is 19.4 Å². The van der Waals surface area contributed by atoms with Crippen molar-refractivity contribution in [1.29, 1.82) is 0 Å². The van der Waals surface area contributed by atoms with Gasteiger partial charge >= 0.3 is 5.97 Å². The van der Waals surface area contributed by atoms with E-state index in [0.29, 0.717) is 42.0 Å². The molecule has 1 fully saturated rings. The molecule has 1 aliphatic heterocycles. The molecule has 2 rings (SSSR count). The normalized spacial score (nSPS) is 20.9. The van der Waals surface area contributed by atoms with Gasteiger partial charge in [-0.15, -0.1) is 0 Å². The zero-order chi connectivity index (χ0) is 22.6. The second-order valence-corrected chi connectivity index (χ2v) is 8.90. The molecule has 0 bridgehead atoms. The Labute approximate surface area is 182 Å². The summed E-state index contributed by atoms with van der Waals surface area (Å²) in [5, 5.41) is 13.0. The van der Waals surface area contributed by atoms with Gasteiger partial charge in [-0.25, -0.2) is 9.78 Å². The molecule has 1 saturated heterocycles. The van der Waals surface area contributed by atoms with Crippen LogP contribution in [0.4, 0.5) is 5.13 Å². The number of aromatic nitrogens is 1. The number of thiazole rings is 1. The zero-order valence-electron chi connectivity index (χ0n) is 18.8. The maximum absolute atomic E-state index is 12.7. The van der Waals surface area contributed by atoms with Crippen molar-refractivity contribution in [2.75, 3.05) is 25.1 Å².